The maximum absolute atomic E-state index is 12.6. The summed E-state index contributed by atoms with van der Waals surface area (Å²) in [7, 11) is 0. The van der Waals surface area contributed by atoms with E-state index in [2.05, 4.69) is 6.92 Å². The fraction of sp³-hybridized carbons (Fsp3) is 0.840. The monoisotopic (exact) mass is 472 g/mol. The molecule has 0 aliphatic rings. The van der Waals surface area contributed by atoms with Gasteiger partial charge in [-0.2, -0.15) is 0 Å². The van der Waals surface area contributed by atoms with Gasteiger partial charge in [-0.25, -0.2) is 4.79 Å². The molecule has 192 valence electrons. The van der Waals surface area contributed by atoms with E-state index in [1.807, 2.05) is 6.92 Å². The molecule has 0 rings (SSSR count). The van der Waals surface area contributed by atoms with Crippen LogP contribution >= 0.6 is 0 Å². The Bertz CT molecular complexity index is 589. The van der Waals surface area contributed by atoms with Gasteiger partial charge in [0.05, 0.1) is 12.8 Å². The highest BCUT2D eigenvalue weighted by Gasteiger charge is 2.42. The van der Waals surface area contributed by atoms with Crippen molar-refractivity contribution in [3.05, 3.63) is 0 Å². The SMILES string of the molecule is CCCCCCCCCCCCC(OC(=O)CC(O)(CC(=O)O)C(=O)O)C(=O)CCCCC. The number of carboxylic acids is 2. The first-order valence-corrected chi connectivity index (χ1v) is 12.6. The van der Waals surface area contributed by atoms with Crippen molar-refractivity contribution in [1.82, 2.24) is 0 Å². The van der Waals surface area contributed by atoms with Crippen LogP contribution in [-0.2, 0) is 23.9 Å². The minimum atomic E-state index is -2.77. The van der Waals surface area contributed by atoms with Crippen molar-refractivity contribution in [2.75, 3.05) is 0 Å². The molecule has 0 bridgehead atoms. The largest absolute Gasteiger partial charge is 0.481 e. The zero-order valence-electron chi connectivity index (χ0n) is 20.5. The van der Waals surface area contributed by atoms with Gasteiger partial charge < -0.3 is 20.1 Å². The number of hydrogen-bond donors (Lipinski definition) is 3. The molecule has 0 saturated carbocycles. The van der Waals surface area contributed by atoms with Gasteiger partial charge in [-0.15, -0.1) is 0 Å². The van der Waals surface area contributed by atoms with Crippen molar-refractivity contribution < 1.29 is 39.2 Å². The van der Waals surface area contributed by atoms with E-state index < -0.39 is 42.5 Å². The van der Waals surface area contributed by atoms with E-state index in [4.69, 9.17) is 14.9 Å². The highest BCUT2D eigenvalue weighted by atomic mass is 16.5. The molecule has 0 aromatic rings. The van der Waals surface area contributed by atoms with E-state index >= 15 is 0 Å². The Morgan fingerprint density at radius 2 is 1.21 bits per heavy atom. The number of rotatable bonds is 22. The van der Waals surface area contributed by atoms with Crippen molar-refractivity contribution >= 4 is 23.7 Å². The maximum atomic E-state index is 12.6. The highest BCUT2D eigenvalue weighted by molar-refractivity contribution is 5.90. The number of unbranched alkanes of at least 4 members (excludes halogenated alkanes) is 11. The van der Waals surface area contributed by atoms with Crippen LogP contribution in [0.25, 0.3) is 0 Å². The van der Waals surface area contributed by atoms with E-state index in [1.54, 1.807) is 0 Å². The molecule has 0 fully saturated rings. The third-order valence-electron chi connectivity index (χ3n) is 5.76. The second-order valence-corrected chi connectivity index (χ2v) is 8.96. The van der Waals surface area contributed by atoms with Crippen LogP contribution in [0.5, 0.6) is 0 Å². The van der Waals surface area contributed by atoms with Crippen LogP contribution in [0.15, 0.2) is 0 Å². The first-order chi connectivity index (χ1) is 15.7. The van der Waals surface area contributed by atoms with E-state index in [0.717, 1.165) is 32.1 Å². The van der Waals surface area contributed by atoms with E-state index in [0.29, 0.717) is 19.3 Å². The second kappa shape index (κ2) is 18.5. The molecule has 3 N–H and O–H groups in total. The summed E-state index contributed by atoms with van der Waals surface area (Å²) in [5.41, 5.74) is -2.77. The first-order valence-electron chi connectivity index (χ1n) is 12.6. The topological polar surface area (TPSA) is 138 Å². The minimum Gasteiger partial charge on any atom is -0.481 e. The summed E-state index contributed by atoms with van der Waals surface area (Å²) in [5, 5.41) is 28.0. The zero-order chi connectivity index (χ0) is 25.1. The lowest BCUT2D eigenvalue weighted by Crippen LogP contribution is -2.44. The highest BCUT2D eigenvalue weighted by Crippen LogP contribution is 2.20. The van der Waals surface area contributed by atoms with Gasteiger partial charge in [0.2, 0.25) is 0 Å². The summed E-state index contributed by atoms with van der Waals surface area (Å²) in [4.78, 5) is 47.0. The average Bonchev–Trinajstić information content (AvgIpc) is 2.73. The van der Waals surface area contributed by atoms with Gasteiger partial charge in [-0.05, 0) is 19.3 Å². The molecule has 0 aromatic heterocycles. The molecule has 2 atom stereocenters. The maximum Gasteiger partial charge on any atom is 0.336 e. The molecule has 0 amide bonds. The minimum absolute atomic E-state index is 0.218. The second-order valence-electron chi connectivity index (χ2n) is 8.96. The molecule has 0 heterocycles. The van der Waals surface area contributed by atoms with Gasteiger partial charge >= 0.3 is 17.9 Å². The third-order valence-corrected chi connectivity index (χ3v) is 5.76. The Hall–Kier alpha value is -1.96. The number of ether oxygens (including phenoxy) is 1. The molecule has 0 radical (unpaired) electrons. The predicted molar refractivity (Wildman–Crippen MR) is 125 cm³/mol. The number of esters is 1. The van der Waals surface area contributed by atoms with Crippen LogP contribution in [0.2, 0.25) is 0 Å². The van der Waals surface area contributed by atoms with Gasteiger partial charge in [0, 0.05) is 6.42 Å². The van der Waals surface area contributed by atoms with Crippen molar-refractivity contribution in [3.63, 3.8) is 0 Å². The summed E-state index contributed by atoms with van der Waals surface area (Å²) < 4.78 is 5.25. The molecular formula is C25H44O8. The van der Waals surface area contributed by atoms with Crippen molar-refractivity contribution in [2.24, 2.45) is 0 Å². The van der Waals surface area contributed by atoms with Gasteiger partial charge in [-0.3, -0.25) is 14.4 Å². The number of carbonyl (C=O) groups excluding carboxylic acids is 2. The summed E-state index contributed by atoms with van der Waals surface area (Å²) >= 11 is 0. The summed E-state index contributed by atoms with van der Waals surface area (Å²) in [5.74, 6) is -4.67. The van der Waals surface area contributed by atoms with Gasteiger partial charge in [0.15, 0.2) is 17.5 Å². The summed E-state index contributed by atoms with van der Waals surface area (Å²) in [6, 6.07) is 0. The Balaban J connectivity index is 4.65. The van der Waals surface area contributed by atoms with Crippen LogP contribution < -0.4 is 0 Å². The molecule has 2 unspecified atom stereocenters. The fourth-order valence-corrected chi connectivity index (χ4v) is 3.72. The third kappa shape index (κ3) is 15.5. The molecule has 0 aliphatic carbocycles. The van der Waals surface area contributed by atoms with Gasteiger partial charge in [0.25, 0.3) is 0 Å². The molecule has 0 spiro atoms. The molecule has 8 heteroatoms. The van der Waals surface area contributed by atoms with E-state index in [1.165, 1.54) is 38.5 Å². The summed E-state index contributed by atoms with van der Waals surface area (Å²) in [6.45, 7) is 4.21. The van der Waals surface area contributed by atoms with Crippen LogP contribution in [0, 0.1) is 0 Å². The quantitative estimate of drug-likeness (QED) is 0.147. The Morgan fingerprint density at radius 3 is 1.70 bits per heavy atom. The molecule has 0 aliphatic heterocycles. The number of aliphatic carboxylic acids is 2. The van der Waals surface area contributed by atoms with Crippen molar-refractivity contribution in [1.29, 1.82) is 0 Å². The fourth-order valence-electron chi connectivity index (χ4n) is 3.72. The first kappa shape index (κ1) is 31.0. The number of ketones is 1. The normalized spacial score (nSPS) is 13.8. The smallest absolute Gasteiger partial charge is 0.336 e. The summed E-state index contributed by atoms with van der Waals surface area (Å²) in [6.07, 6.45) is 11.2. The Morgan fingerprint density at radius 1 is 0.727 bits per heavy atom. The van der Waals surface area contributed by atoms with Crippen molar-refractivity contribution in [3.8, 4) is 0 Å². The lowest BCUT2D eigenvalue weighted by Gasteiger charge is -2.22. The lowest BCUT2D eigenvalue weighted by molar-refractivity contribution is -0.174. The molecule has 0 aromatic carbocycles. The van der Waals surface area contributed by atoms with E-state index in [-0.39, 0.29) is 12.2 Å². The van der Waals surface area contributed by atoms with Crippen LogP contribution in [-0.4, -0.2) is 50.7 Å². The molecule has 33 heavy (non-hydrogen) atoms. The Labute approximate surface area is 198 Å². The molecule has 0 saturated heterocycles. The zero-order valence-corrected chi connectivity index (χ0v) is 20.5. The number of carbonyl (C=O) groups is 4. The van der Waals surface area contributed by atoms with Crippen molar-refractivity contribution in [2.45, 2.75) is 135 Å². The Kier molecular flexibility index (Phi) is 17.4. The number of carboxylic acid groups (broad SMARTS) is 2. The average molecular weight is 473 g/mol. The molecule has 8 nitrogen and oxygen atoms in total. The van der Waals surface area contributed by atoms with Crippen LogP contribution in [0.3, 0.4) is 0 Å². The van der Waals surface area contributed by atoms with Gasteiger partial charge in [-0.1, -0.05) is 84.5 Å². The number of hydrogen-bond acceptors (Lipinski definition) is 6. The number of aliphatic hydroxyl groups is 1. The van der Waals surface area contributed by atoms with Crippen LogP contribution in [0.1, 0.15) is 123 Å². The molecular weight excluding hydrogens is 428 g/mol. The predicted octanol–water partition coefficient (Wildman–Crippen LogP) is 5.04. The number of Topliss-reactive ketones (excluding diaryl/α,β-unsaturated/α-hetero) is 1. The van der Waals surface area contributed by atoms with Gasteiger partial charge in [0.1, 0.15) is 0 Å². The van der Waals surface area contributed by atoms with Crippen LogP contribution in [0.4, 0.5) is 0 Å². The van der Waals surface area contributed by atoms with E-state index in [9.17, 15) is 24.3 Å². The lowest BCUT2D eigenvalue weighted by atomic mass is 9.95. The standard InChI is InChI=1S/C25H44O8/c1-3-5-7-8-9-10-11-12-13-15-17-21(20(26)16-14-6-4-2)33-23(29)19-25(32,24(30)31)18-22(27)28/h21,32H,3-19H2,1-2H3,(H,27,28)(H,30,31).